The van der Waals surface area contributed by atoms with E-state index in [1.54, 1.807) is 6.07 Å². The lowest BCUT2D eigenvalue weighted by atomic mass is 10.0. The van der Waals surface area contributed by atoms with Gasteiger partial charge in [0.2, 0.25) is 0 Å². The highest BCUT2D eigenvalue weighted by Gasteiger charge is 2.22. The molecule has 17 heavy (non-hydrogen) atoms. The van der Waals surface area contributed by atoms with Crippen molar-refractivity contribution in [3.05, 3.63) is 29.1 Å². The van der Waals surface area contributed by atoms with E-state index in [-0.39, 0.29) is 18.3 Å². The second kappa shape index (κ2) is 5.22. The molecule has 1 aromatic rings. The first-order chi connectivity index (χ1) is 8.22. The fourth-order valence-electron chi connectivity index (χ4n) is 1.93. The molecule has 4 N–H and O–H groups in total. The Bertz CT molecular complexity index is 422. The lowest BCUT2D eigenvalue weighted by Crippen LogP contribution is -2.38. The summed E-state index contributed by atoms with van der Waals surface area (Å²) in [5.74, 6) is -1.02. The molecule has 0 amide bonds. The summed E-state index contributed by atoms with van der Waals surface area (Å²) in [5.41, 5.74) is 1.82. The van der Waals surface area contributed by atoms with Crippen LogP contribution in [-0.4, -0.2) is 40.9 Å². The first kappa shape index (κ1) is 12.0. The van der Waals surface area contributed by atoms with E-state index in [0.717, 1.165) is 11.3 Å². The highest BCUT2D eigenvalue weighted by molar-refractivity contribution is 5.85. The summed E-state index contributed by atoms with van der Waals surface area (Å²) < 4.78 is 0. The van der Waals surface area contributed by atoms with Gasteiger partial charge in [0.15, 0.2) is 0 Å². The van der Waals surface area contributed by atoms with Crippen molar-refractivity contribution in [1.82, 2.24) is 15.6 Å². The Morgan fingerprint density at radius 2 is 2.41 bits per heavy atom. The second-order valence-electron chi connectivity index (χ2n) is 3.91. The molecule has 1 aliphatic rings. The summed E-state index contributed by atoms with van der Waals surface area (Å²) in [6.07, 6.45) is 0. The number of aromatic nitrogens is 1. The zero-order chi connectivity index (χ0) is 12.3. The zero-order valence-electron chi connectivity index (χ0n) is 9.31. The third-order valence-electron chi connectivity index (χ3n) is 2.73. The van der Waals surface area contributed by atoms with Gasteiger partial charge in [-0.2, -0.15) is 0 Å². The minimum Gasteiger partial charge on any atom is -0.477 e. The molecule has 1 aromatic heterocycles. The summed E-state index contributed by atoms with van der Waals surface area (Å²) in [4.78, 5) is 15.0. The van der Waals surface area contributed by atoms with Gasteiger partial charge >= 0.3 is 5.97 Å². The van der Waals surface area contributed by atoms with Crippen LogP contribution in [0, 0.1) is 0 Å². The molecule has 0 saturated carbocycles. The highest BCUT2D eigenvalue weighted by atomic mass is 16.4. The number of carboxylic acid groups (broad SMARTS) is 1. The molecule has 2 rings (SSSR count). The lowest BCUT2D eigenvalue weighted by Gasteiger charge is -2.26. The average Bonchev–Trinajstić information content (AvgIpc) is 2.35. The van der Waals surface area contributed by atoms with Crippen LogP contribution in [0.1, 0.15) is 27.8 Å². The summed E-state index contributed by atoms with van der Waals surface area (Å²) in [7, 11) is 0. The van der Waals surface area contributed by atoms with Crippen molar-refractivity contribution in [3.8, 4) is 0 Å². The highest BCUT2D eigenvalue weighted by Crippen LogP contribution is 2.20. The molecule has 0 aliphatic carbocycles. The smallest absolute Gasteiger partial charge is 0.354 e. The Morgan fingerprint density at radius 1 is 1.59 bits per heavy atom. The van der Waals surface area contributed by atoms with Crippen molar-refractivity contribution >= 4 is 5.97 Å². The molecule has 0 radical (unpaired) electrons. The third kappa shape index (κ3) is 2.60. The van der Waals surface area contributed by atoms with Gasteiger partial charge in [-0.05, 0) is 11.6 Å². The van der Waals surface area contributed by atoms with Crippen LogP contribution in [-0.2, 0) is 6.54 Å². The van der Waals surface area contributed by atoms with Gasteiger partial charge in [0.05, 0.1) is 18.3 Å². The van der Waals surface area contributed by atoms with E-state index in [1.807, 2.05) is 0 Å². The quantitative estimate of drug-likeness (QED) is 0.564. The van der Waals surface area contributed by atoms with Crippen LogP contribution in [0.4, 0.5) is 0 Å². The Balaban J connectivity index is 2.27. The molecule has 0 fully saturated rings. The van der Waals surface area contributed by atoms with Gasteiger partial charge in [-0.3, -0.25) is 0 Å². The van der Waals surface area contributed by atoms with Gasteiger partial charge in [-0.1, -0.05) is 6.07 Å². The fourth-order valence-corrected chi connectivity index (χ4v) is 1.93. The number of aliphatic hydroxyl groups excluding tert-OH is 1. The van der Waals surface area contributed by atoms with E-state index >= 15 is 0 Å². The molecule has 1 atom stereocenters. The van der Waals surface area contributed by atoms with Crippen molar-refractivity contribution in [2.24, 2.45) is 0 Å². The van der Waals surface area contributed by atoms with Crippen LogP contribution in [0.2, 0.25) is 0 Å². The number of hydrogen-bond donors (Lipinski definition) is 4. The number of nitrogens with zero attached hydrogens (tertiary/aromatic N) is 1. The number of pyridine rings is 1. The van der Waals surface area contributed by atoms with Gasteiger partial charge in [0.1, 0.15) is 5.69 Å². The molecular formula is C11H15N3O3. The largest absolute Gasteiger partial charge is 0.477 e. The average molecular weight is 237 g/mol. The number of hydrogen-bond acceptors (Lipinski definition) is 5. The molecule has 1 aliphatic heterocycles. The SMILES string of the molecule is O=C(O)c1ccc2c(n1)C(NCCO)CNC2. The predicted octanol–water partition coefficient (Wildman–Crippen LogP) is -0.494. The molecule has 6 nitrogen and oxygen atoms in total. The third-order valence-corrected chi connectivity index (χ3v) is 2.73. The van der Waals surface area contributed by atoms with Gasteiger partial charge in [-0.25, -0.2) is 9.78 Å². The number of fused-ring (bicyclic) bond motifs is 1. The standard InChI is InChI=1S/C11H15N3O3/c15-4-3-13-9-6-12-5-7-1-2-8(11(16)17)14-10(7)9/h1-2,9,12-13,15H,3-6H2,(H,16,17). The number of rotatable bonds is 4. The maximum Gasteiger partial charge on any atom is 0.354 e. The summed E-state index contributed by atoms with van der Waals surface area (Å²) in [5, 5.41) is 24.0. The summed E-state index contributed by atoms with van der Waals surface area (Å²) in [6, 6.07) is 3.24. The topological polar surface area (TPSA) is 94.5 Å². The fraction of sp³-hybridized carbons (Fsp3) is 0.455. The minimum absolute atomic E-state index is 0.0461. The number of aromatic carboxylic acids is 1. The van der Waals surface area contributed by atoms with Crippen molar-refractivity contribution in [3.63, 3.8) is 0 Å². The Hall–Kier alpha value is -1.50. The van der Waals surface area contributed by atoms with E-state index in [2.05, 4.69) is 15.6 Å². The Labute approximate surface area is 98.7 Å². The van der Waals surface area contributed by atoms with Crippen molar-refractivity contribution in [2.75, 3.05) is 19.7 Å². The van der Waals surface area contributed by atoms with Gasteiger partial charge < -0.3 is 20.8 Å². The Kier molecular flexibility index (Phi) is 3.68. The second-order valence-corrected chi connectivity index (χ2v) is 3.91. The lowest BCUT2D eigenvalue weighted by molar-refractivity contribution is 0.0690. The molecule has 0 bridgehead atoms. The first-order valence-electron chi connectivity index (χ1n) is 5.50. The molecule has 6 heteroatoms. The van der Waals surface area contributed by atoms with Crippen LogP contribution >= 0.6 is 0 Å². The van der Waals surface area contributed by atoms with Crippen molar-refractivity contribution in [1.29, 1.82) is 0 Å². The van der Waals surface area contributed by atoms with Gasteiger partial charge in [0.25, 0.3) is 0 Å². The number of nitrogens with one attached hydrogen (secondary N) is 2. The van der Waals surface area contributed by atoms with E-state index in [9.17, 15) is 4.79 Å². The summed E-state index contributed by atoms with van der Waals surface area (Å²) in [6.45, 7) is 1.89. The molecule has 0 spiro atoms. The molecule has 0 saturated heterocycles. The van der Waals surface area contributed by atoms with Crippen LogP contribution < -0.4 is 10.6 Å². The van der Waals surface area contributed by atoms with Crippen LogP contribution in [0.3, 0.4) is 0 Å². The summed E-state index contributed by atoms with van der Waals surface area (Å²) >= 11 is 0. The van der Waals surface area contributed by atoms with E-state index < -0.39 is 5.97 Å². The molecular weight excluding hydrogens is 222 g/mol. The maximum atomic E-state index is 10.9. The molecule has 1 unspecified atom stereocenters. The monoisotopic (exact) mass is 237 g/mol. The van der Waals surface area contributed by atoms with Crippen LogP contribution in [0.15, 0.2) is 12.1 Å². The Morgan fingerprint density at radius 3 is 3.12 bits per heavy atom. The normalized spacial score (nSPS) is 18.8. The predicted molar refractivity (Wildman–Crippen MR) is 60.7 cm³/mol. The zero-order valence-corrected chi connectivity index (χ0v) is 9.31. The van der Waals surface area contributed by atoms with Crippen molar-refractivity contribution in [2.45, 2.75) is 12.6 Å². The molecule has 92 valence electrons. The number of aliphatic hydroxyl groups is 1. The minimum atomic E-state index is -1.02. The molecule has 0 aromatic carbocycles. The van der Waals surface area contributed by atoms with Gasteiger partial charge in [0, 0.05) is 19.6 Å². The van der Waals surface area contributed by atoms with E-state index in [0.29, 0.717) is 19.6 Å². The van der Waals surface area contributed by atoms with E-state index in [4.69, 9.17) is 10.2 Å². The maximum absolute atomic E-state index is 10.9. The first-order valence-corrected chi connectivity index (χ1v) is 5.50. The van der Waals surface area contributed by atoms with Gasteiger partial charge in [-0.15, -0.1) is 0 Å². The van der Waals surface area contributed by atoms with Crippen LogP contribution in [0.25, 0.3) is 0 Å². The van der Waals surface area contributed by atoms with Crippen LogP contribution in [0.5, 0.6) is 0 Å². The number of carboxylic acids is 1. The van der Waals surface area contributed by atoms with E-state index in [1.165, 1.54) is 6.07 Å². The van der Waals surface area contributed by atoms with Crippen molar-refractivity contribution < 1.29 is 15.0 Å². The molecule has 2 heterocycles. The number of carbonyl (C=O) groups is 1.